The molecule has 2 unspecified atom stereocenters. The van der Waals surface area contributed by atoms with E-state index in [4.69, 9.17) is 15.2 Å². The van der Waals surface area contributed by atoms with Crippen LogP contribution in [0.1, 0.15) is 24.8 Å². The molecule has 0 radical (unpaired) electrons. The van der Waals surface area contributed by atoms with Gasteiger partial charge in [-0.1, -0.05) is 6.07 Å². The molecule has 1 aliphatic carbocycles. The molecule has 0 amide bonds. The molecular weight excluding hydrogens is 216 g/mol. The maximum atomic E-state index is 5.89. The van der Waals surface area contributed by atoms with E-state index in [2.05, 4.69) is 11.4 Å². The summed E-state index contributed by atoms with van der Waals surface area (Å²) >= 11 is 0. The molecule has 0 saturated heterocycles. The summed E-state index contributed by atoms with van der Waals surface area (Å²) in [6.45, 7) is 1.21. The molecule has 3 rings (SSSR count). The van der Waals surface area contributed by atoms with E-state index in [0.717, 1.165) is 30.9 Å². The largest absolute Gasteiger partial charge is 0.454 e. The predicted octanol–water partition coefficient (Wildman–Crippen LogP) is 1.38. The lowest BCUT2D eigenvalue weighted by Crippen LogP contribution is -2.27. The summed E-state index contributed by atoms with van der Waals surface area (Å²) < 4.78 is 10.6. The topological polar surface area (TPSA) is 56.5 Å². The van der Waals surface area contributed by atoms with Crippen molar-refractivity contribution in [2.45, 2.75) is 37.9 Å². The Morgan fingerprint density at radius 1 is 1.24 bits per heavy atom. The maximum Gasteiger partial charge on any atom is 0.231 e. The lowest BCUT2D eigenvalue weighted by molar-refractivity contribution is 0.174. The second-order valence-electron chi connectivity index (χ2n) is 4.84. The molecule has 0 spiro atoms. The summed E-state index contributed by atoms with van der Waals surface area (Å²) in [5.74, 6) is 1.70. The van der Waals surface area contributed by atoms with Crippen LogP contribution in [0.4, 0.5) is 0 Å². The Labute approximate surface area is 101 Å². The number of benzene rings is 1. The zero-order chi connectivity index (χ0) is 11.7. The molecule has 92 valence electrons. The van der Waals surface area contributed by atoms with Crippen LogP contribution in [0.5, 0.6) is 11.5 Å². The van der Waals surface area contributed by atoms with Gasteiger partial charge in [0.25, 0.3) is 0 Å². The van der Waals surface area contributed by atoms with Crippen molar-refractivity contribution in [3.63, 3.8) is 0 Å². The summed E-state index contributed by atoms with van der Waals surface area (Å²) in [6.07, 6.45) is 3.41. The fraction of sp³-hybridized carbons (Fsp3) is 0.538. The van der Waals surface area contributed by atoms with Crippen molar-refractivity contribution >= 4 is 0 Å². The maximum absolute atomic E-state index is 5.89. The first kappa shape index (κ1) is 10.9. The van der Waals surface area contributed by atoms with Crippen LogP contribution in [0.15, 0.2) is 18.2 Å². The van der Waals surface area contributed by atoms with Gasteiger partial charge < -0.3 is 20.5 Å². The van der Waals surface area contributed by atoms with Gasteiger partial charge in [0, 0.05) is 18.6 Å². The zero-order valence-corrected chi connectivity index (χ0v) is 9.82. The molecule has 3 N–H and O–H groups in total. The van der Waals surface area contributed by atoms with Crippen molar-refractivity contribution in [1.82, 2.24) is 5.32 Å². The molecule has 2 atom stereocenters. The smallest absolute Gasteiger partial charge is 0.231 e. The minimum atomic E-state index is 0.337. The Kier molecular flexibility index (Phi) is 2.91. The second kappa shape index (κ2) is 4.55. The molecule has 1 aliphatic heterocycles. The van der Waals surface area contributed by atoms with Gasteiger partial charge >= 0.3 is 0 Å². The van der Waals surface area contributed by atoms with Gasteiger partial charge in [-0.15, -0.1) is 0 Å². The van der Waals surface area contributed by atoms with Crippen LogP contribution in [0.25, 0.3) is 0 Å². The molecular formula is C13H18N2O2. The van der Waals surface area contributed by atoms with Crippen LogP contribution in [-0.2, 0) is 6.54 Å². The molecule has 0 aromatic heterocycles. The van der Waals surface area contributed by atoms with Crippen LogP contribution in [-0.4, -0.2) is 18.9 Å². The minimum absolute atomic E-state index is 0.337. The number of nitrogens with two attached hydrogens (primary N) is 1. The lowest BCUT2D eigenvalue weighted by atomic mass is 10.1. The average molecular weight is 234 g/mol. The summed E-state index contributed by atoms with van der Waals surface area (Å²) in [5, 5.41) is 3.54. The van der Waals surface area contributed by atoms with Crippen LogP contribution < -0.4 is 20.5 Å². The first-order valence-electron chi connectivity index (χ1n) is 6.19. The molecule has 4 heteroatoms. The number of rotatable bonds is 3. The van der Waals surface area contributed by atoms with Gasteiger partial charge in [-0.3, -0.25) is 0 Å². The third-order valence-electron chi connectivity index (χ3n) is 3.51. The fourth-order valence-electron chi connectivity index (χ4n) is 2.51. The van der Waals surface area contributed by atoms with Crippen LogP contribution in [0.2, 0.25) is 0 Å². The van der Waals surface area contributed by atoms with Crippen molar-refractivity contribution in [3.05, 3.63) is 23.8 Å². The van der Waals surface area contributed by atoms with Gasteiger partial charge in [0.1, 0.15) is 0 Å². The van der Waals surface area contributed by atoms with Gasteiger partial charge in [-0.25, -0.2) is 0 Å². The monoisotopic (exact) mass is 234 g/mol. The number of hydrogen-bond donors (Lipinski definition) is 2. The SMILES string of the molecule is NC1CCC(NCc2ccc3c(c2)OCO3)C1. The molecule has 0 bridgehead atoms. The van der Waals surface area contributed by atoms with E-state index >= 15 is 0 Å². The highest BCUT2D eigenvalue weighted by atomic mass is 16.7. The molecule has 17 heavy (non-hydrogen) atoms. The summed E-state index contributed by atoms with van der Waals surface area (Å²) in [7, 11) is 0. The number of nitrogens with one attached hydrogen (secondary N) is 1. The first-order chi connectivity index (χ1) is 8.31. The number of ether oxygens (including phenoxy) is 2. The summed E-state index contributed by atoms with van der Waals surface area (Å²) in [4.78, 5) is 0. The number of hydrogen-bond acceptors (Lipinski definition) is 4. The van der Waals surface area contributed by atoms with E-state index in [1.807, 2.05) is 12.1 Å². The standard InChI is InChI=1S/C13H18N2O2/c14-10-2-3-11(6-10)15-7-9-1-4-12-13(5-9)17-8-16-12/h1,4-5,10-11,15H,2-3,6-8,14H2. The van der Waals surface area contributed by atoms with Crippen molar-refractivity contribution in [2.24, 2.45) is 5.73 Å². The zero-order valence-electron chi connectivity index (χ0n) is 9.82. The van der Waals surface area contributed by atoms with E-state index < -0.39 is 0 Å². The highest BCUT2D eigenvalue weighted by Gasteiger charge is 2.21. The van der Waals surface area contributed by atoms with Gasteiger partial charge in [-0.05, 0) is 37.0 Å². The van der Waals surface area contributed by atoms with E-state index in [1.54, 1.807) is 0 Å². The summed E-state index contributed by atoms with van der Waals surface area (Å²) in [5.41, 5.74) is 7.12. The van der Waals surface area contributed by atoms with E-state index in [9.17, 15) is 0 Å². The van der Waals surface area contributed by atoms with Gasteiger partial charge in [0.05, 0.1) is 0 Å². The van der Waals surface area contributed by atoms with Gasteiger partial charge in [0.15, 0.2) is 11.5 Å². The minimum Gasteiger partial charge on any atom is -0.454 e. The average Bonchev–Trinajstić information content (AvgIpc) is 2.94. The second-order valence-corrected chi connectivity index (χ2v) is 4.84. The normalized spacial score (nSPS) is 26.4. The number of fused-ring (bicyclic) bond motifs is 1. The quantitative estimate of drug-likeness (QED) is 0.829. The van der Waals surface area contributed by atoms with Crippen molar-refractivity contribution in [2.75, 3.05) is 6.79 Å². The van der Waals surface area contributed by atoms with E-state index in [-0.39, 0.29) is 0 Å². The molecule has 1 aromatic rings. The lowest BCUT2D eigenvalue weighted by Gasteiger charge is -2.12. The van der Waals surface area contributed by atoms with Crippen molar-refractivity contribution in [3.8, 4) is 11.5 Å². The highest BCUT2D eigenvalue weighted by Crippen LogP contribution is 2.32. The van der Waals surface area contributed by atoms with Gasteiger partial charge in [-0.2, -0.15) is 0 Å². The van der Waals surface area contributed by atoms with Crippen molar-refractivity contribution < 1.29 is 9.47 Å². The molecule has 4 nitrogen and oxygen atoms in total. The van der Waals surface area contributed by atoms with E-state index in [1.165, 1.54) is 12.0 Å². The predicted molar refractivity (Wildman–Crippen MR) is 65.0 cm³/mol. The molecule has 1 heterocycles. The Morgan fingerprint density at radius 2 is 2.12 bits per heavy atom. The third kappa shape index (κ3) is 2.37. The Bertz CT molecular complexity index is 408. The Hall–Kier alpha value is -1.26. The van der Waals surface area contributed by atoms with Gasteiger partial charge in [0.2, 0.25) is 6.79 Å². The van der Waals surface area contributed by atoms with Crippen LogP contribution in [0.3, 0.4) is 0 Å². The molecule has 2 aliphatic rings. The van der Waals surface area contributed by atoms with Crippen LogP contribution in [0, 0.1) is 0 Å². The Morgan fingerprint density at radius 3 is 2.94 bits per heavy atom. The first-order valence-corrected chi connectivity index (χ1v) is 6.19. The highest BCUT2D eigenvalue weighted by molar-refractivity contribution is 5.44. The summed E-state index contributed by atoms with van der Waals surface area (Å²) in [6, 6.07) is 7.04. The Balaban J connectivity index is 1.58. The van der Waals surface area contributed by atoms with Crippen LogP contribution >= 0.6 is 0 Å². The third-order valence-corrected chi connectivity index (χ3v) is 3.51. The molecule has 1 saturated carbocycles. The van der Waals surface area contributed by atoms with Crippen molar-refractivity contribution in [1.29, 1.82) is 0 Å². The van der Waals surface area contributed by atoms with E-state index in [0.29, 0.717) is 18.9 Å². The molecule has 1 fully saturated rings. The fourth-order valence-corrected chi connectivity index (χ4v) is 2.51. The molecule has 1 aromatic carbocycles.